The Hall–Kier alpha value is -3.68. The lowest BCUT2D eigenvalue weighted by Gasteiger charge is -2.13. The van der Waals surface area contributed by atoms with Crippen molar-refractivity contribution in [2.75, 3.05) is 0 Å². The summed E-state index contributed by atoms with van der Waals surface area (Å²) in [6.45, 7) is 0. The molecule has 4 aromatic rings. The molecule has 162 valence electrons. The standard InChI is InChI=1S/C24H14F6N2/c25-23(26,27)19-8-6-15(7-9-19)21-12-20(24(28,29)30)13-22(32-21)17-4-1-3-16(11-17)18-5-2-10-31-14-18/h1-14H. The van der Waals surface area contributed by atoms with E-state index in [9.17, 15) is 26.3 Å². The van der Waals surface area contributed by atoms with Crippen molar-refractivity contribution in [3.05, 3.63) is 96.3 Å². The van der Waals surface area contributed by atoms with Gasteiger partial charge in [-0.25, -0.2) is 4.98 Å². The van der Waals surface area contributed by atoms with Crippen molar-refractivity contribution in [3.8, 4) is 33.6 Å². The molecule has 2 aromatic carbocycles. The Morgan fingerprint density at radius 2 is 1.12 bits per heavy atom. The lowest BCUT2D eigenvalue weighted by atomic mass is 10.0. The molecule has 8 heteroatoms. The van der Waals surface area contributed by atoms with E-state index in [0.717, 1.165) is 47.5 Å². The van der Waals surface area contributed by atoms with E-state index in [0.29, 0.717) is 5.56 Å². The van der Waals surface area contributed by atoms with Crippen molar-refractivity contribution in [3.63, 3.8) is 0 Å². The number of pyridine rings is 2. The first-order chi connectivity index (χ1) is 15.1. The second-order valence-corrected chi connectivity index (χ2v) is 7.02. The van der Waals surface area contributed by atoms with Crippen LogP contribution in [0.5, 0.6) is 0 Å². The van der Waals surface area contributed by atoms with Gasteiger partial charge in [-0.3, -0.25) is 4.98 Å². The maximum Gasteiger partial charge on any atom is 0.416 e. The van der Waals surface area contributed by atoms with Crippen molar-refractivity contribution in [2.45, 2.75) is 12.4 Å². The lowest BCUT2D eigenvalue weighted by Crippen LogP contribution is -2.07. The fourth-order valence-corrected chi connectivity index (χ4v) is 3.21. The molecule has 32 heavy (non-hydrogen) atoms. The van der Waals surface area contributed by atoms with E-state index < -0.39 is 23.5 Å². The average molecular weight is 444 g/mol. The molecule has 0 N–H and O–H groups in total. The van der Waals surface area contributed by atoms with E-state index in [4.69, 9.17) is 0 Å². The molecular weight excluding hydrogens is 430 g/mol. The zero-order valence-electron chi connectivity index (χ0n) is 16.2. The van der Waals surface area contributed by atoms with Gasteiger partial charge in [0.2, 0.25) is 0 Å². The second kappa shape index (κ2) is 8.11. The third-order valence-electron chi connectivity index (χ3n) is 4.81. The van der Waals surface area contributed by atoms with Crippen molar-refractivity contribution < 1.29 is 26.3 Å². The van der Waals surface area contributed by atoms with Crippen LogP contribution in [0, 0.1) is 0 Å². The molecule has 0 unspecified atom stereocenters. The van der Waals surface area contributed by atoms with Crippen LogP contribution in [0.1, 0.15) is 11.1 Å². The van der Waals surface area contributed by atoms with Crippen molar-refractivity contribution in [2.24, 2.45) is 0 Å². The topological polar surface area (TPSA) is 25.8 Å². The number of hydrogen-bond acceptors (Lipinski definition) is 2. The minimum Gasteiger partial charge on any atom is -0.264 e. The number of halogens is 6. The quantitative estimate of drug-likeness (QED) is 0.306. The largest absolute Gasteiger partial charge is 0.416 e. The molecule has 0 saturated carbocycles. The summed E-state index contributed by atoms with van der Waals surface area (Å²) < 4.78 is 79.2. The minimum atomic E-state index is -4.65. The summed E-state index contributed by atoms with van der Waals surface area (Å²) in [6, 6.07) is 16.0. The number of hydrogen-bond donors (Lipinski definition) is 0. The predicted molar refractivity (Wildman–Crippen MR) is 108 cm³/mol. The molecule has 0 aliphatic heterocycles. The van der Waals surface area contributed by atoms with Gasteiger partial charge in [0, 0.05) is 29.1 Å². The molecule has 0 atom stereocenters. The van der Waals surface area contributed by atoms with E-state index in [1.807, 2.05) is 6.07 Å². The Bertz CT molecular complexity index is 1230. The smallest absolute Gasteiger partial charge is 0.264 e. The van der Waals surface area contributed by atoms with Crippen LogP contribution < -0.4 is 0 Å². The van der Waals surface area contributed by atoms with Crippen LogP contribution in [0.15, 0.2) is 85.2 Å². The van der Waals surface area contributed by atoms with E-state index in [-0.39, 0.29) is 17.0 Å². The van der Waals surface area contributed by atoms with Gasteiger partial charge in [-0.1, -0.05) is 36.4 Å². The molecule has 2 aromatic heterocycles. The summed E-state index contributed by atoms with van der Waals surface area (Å²) in [5.74, 6) is 0. The second-order valence-electron chi connectivity index (χ2n) is 7.02. The van der Waals surface area contributed by atoms with Crippen molar-refractivity contribution in [1.82, 2.24) is 9.97 Å². The average Bonchev–Trinajstić information content (AvgIpc) is 2.78. The highest BCUT2D eigenvalue weighted by Crippen LogP contribution is 2.36. The molecule has 2 heterocycles. The molecule has 0 aliphatic carbocycles. The Kier molecular flexibility index (Phi) is 5.46. The molecule has 4 rings (SSSR count). The normalized spacial score (nSPS) is 12.1. The van der Waals surface area contributed by atoms with Crippen molar-refractivity contribution in [1.29, 1.82) is 0 Å². The Balaban J connectivity index is 1.82. The maximum absolute atomic E-state index is 13.6. The van der Waals surface area contributed by atoms with Crippen LogP contribution in [-0.4, -0.2) is 9.97 Å². The van der Waals surface area contributed by atoms with Gasteiger partial charge >= 0.3 is 12.4 Å². The van der Waals surface area contributed by atoms with Gasteiger partial charge in [0.15, 0.2) is 0 Å². The van der Waals surface area contributed by atoms with E-state index in [2.05, 4.69) is 9.97 Å². The van der Waals surface area contributed by atoms with E-state index in [1.54, 1.807) is 42.7 Å². The SMILES string of the molecule is FC(F)(F)c1ccc(-c2cc(C(F)(F)F)cc(-c3cccc(-c4cccnc4)c3)n2)cc1. The highest BCUT2D eigenvalue weighted by molar-refractivity contribution is 5.73. The molecule has 0 radical (unpaired) electrons. The summed E-state index contributed by atoms with van der Waals surface area (Å²) in [4.78, 5) is 8.36. The molecule has 0 fully saturated rings. The first-order valence-electron chi connectivity index (χ1n) is 9.39. The highest BCUT2D eigenvalue weighted by Gasteiger charge is 2.32. The molecule has 0 aliphatic rings. The van der Waals surface area contributed by atoms with Gasteiger partial charge in [0.1, 0.15) is 0 Å². The summed E-state index contributed by atoms with van der Waals surface area (Å²) in [6.07, 6.45) is -5.96. The number of alkyl halides is 6. The van der Waals surface area contributed by atoms with Gasteiger partial charge in [0.05, 0.1) is 22.5 Å². The third kappa shape index (κ3) is 4.64. The molecule has 0 saturated heterocycles. The van der Waals surface area contributed by atoms with Gasteiger partial charge in [-0.2, -0.15) is 26.3 Å². The summed E-state index contributed by atoms with van der Waals surface area (Å²) in [7, 11) is 0. The summed E-state index contributed by atoms with van der Waals surface area (Å²) in [5.41, 5.74) is 0.257. The molecule has 2 nitrogen and oxygen atoms in total. The maximum atomic E-state index is 13.6. The Labute approximate surface area is 179 Å². The molecule has 0 amide bonds. The first kappa shape index (κ1) is 21.5. The van der Waals surface area contributed by atoms with E-state index in [1.165, 1.54) is 0 Å². The lowest BCUT2D eigenvalue weighted by molar-refractivity contribution is -0.138. The summed E-state index contributed by atoms with van der Waals surface area (Å²) >= 11 is 0. The van der Waals surface area contributed by atoms with Gasteiger partial charge in [-0.15, -0.1) is 0 Å². The number of rotatable bonds is 3. The fraction of sp³-hybridized carbons (Fsp3) is 0.0833. The minimum absolute atomic E-state index is 0.0560. The number of aromatic nitrogens is 2. The number of benzene rings is 2. The van der Waals surface area contributed by atoms with E-state index >= 15 is 0 Å². The van der Waals surface area contributed by atoms with Crippen LogP contribution in [0.4, 0.5) is 26.3 Å². The molecule has 0 spiro atoms. The zero-order valence-corrected chi connectivity index (χ0v) is 16.2. The Morgan fingerprint density at radius 1 is 0.531 bits per heavy atom. The van der Waals surface area contributed by atoms with Gasteiger partial charge < -0.3 is 0 Å². The molecular formula is C24H14F6N2. The monoisotopic (exact) mass is 444 g/mol. The predicted octanol–water partition coefficient (Wildman–Crippen LogP) is 7.52. The van der Waals surface area contributed by atoms with Crippen LogP contribution in [0.2, 0.25) is 0 Å². The summed E-state index contributed by atoms with van der Waals surface area (Å²) in [5, 5.41) is 0. The van der Waals surface area contributed by atoms with Crippen LogP contribution >= 0.6 is 0 Å². The van der Waals surface area contributed by atoms with Crippen LogP contribution in [0.3, 0.4) is 0 Å². The zero-order chi connectivity index (χ0) is 22.9. The fourth-order valence-electron chi connectivity index (χ4n) is 3.21. The van der Waals surface area contributed by atoms with Crippen LogP contribution in [0.25, 0.3) is 33.6 Å². The number of nitrogens with zero attached hydrogens (tertiary/aromatic N) is 2. The molecule has 0 bridgehead atoms. The third-order valence-corrected chi connectivity index (χ3v) is 4.81. The highest BCUT2D eigenvalue weighted by atomic mass is 19.4. The Morgan fingerprint density at radius 3 is 1.72 bits per heavy atom. The van der Waals surface area contributed by atoms with Crippen molar-refractivity contribution >= 4 is 0 Å². The van der Waals surface area contributed by atoms with Gasteiger partial charge in [0.25, 0.3) is 0 Å². The van der Waals surface area contributed by atoms with Gasteiger partial charge in [-0.05, 0) is 42.0 Å². The first-order valence-corrected chi connectivity index (χ1v) is 9.39. The van der Waals surface area contributed by atoms with Crippen LogP contribution in [-0.2, 0) is 12.4 Å².